The lowest BCUT2D eigenvalue weighted by Gasteiger charge is -2.16. The molecule has 0 aromatic rings. The van der Waals surface area contributed by atoms with Gasteiger partial charge in [-0.2, -0.15) is 0 Å². The number of hydrogen-bond acceptors (Lipinski definition) is 3. The van der Waals surface area contributed by atoms with Crippen molar-refractivity contribution in [3.8, 4) is 0 Å². The first-order chi connectivity index (χ1) is 8.04. The van der Waals surface area contributed by atoms with E-state index < -0.39 is 5.97 Å². The van der Waals surface area contributed by atoms with Crippen LogP contribution in [0, 0.1) is 11.8 Å². The first-order valence-corrected chi connectivity index (χ1v) is 6.06. The van der Waals surface area contributed by atoms with Crippen molar-refractivity contribution < 1.29 is 19.4 Å². The summed E-state index contributed by atoms with van der Waals surface area (Å²) in [5, 5.41) is 11.8. The Morgan fingerprint density at radius 1 is 1.41 bits per heavy atom. The second-order valence-electron chi connectivity index (χ2n) is 4.74. The number of hydrogen-bond donors (Lipinski definition) is 2. The van der Waals surface area contributed by atoms with E-state index in [0.717, 1.165) is 6.42 Å². The minimum absolute atomic E-state index is 0.0163. The van der Waals surface area contributed by atoms with Crippen LogP contribution in [0.15, 0.2) is 0 Å². The maximum absolute atomic E-state index is 11.8. The standard InChI is InChI=1S/C12H21NO4/c1-8(5-6-17-2)13-11(14)9-3-4-10(7-9)12(15)16/h8-10H,3-7H2,1-2H3,(H,13,14)(H,15,16). The van der Waals surface area contributed by atoms with E-state index in [1.54, 1.807) is 7.11 Å². The number of carboxylic acid groups (broad SMARTS) is 1. The number of rotatable bonds is 6. The zero-order chi connectivity index (χ0) is 12.8. The smallest absolute Gasteiger partial charge is 0.306 e. The lowest BCUT2D eigenvalue weighted by molar-refractivity contribution is -0.141. The van der Waals surface area contributed by atoms with Gasteiger partial charge in [-0.3, -0.25) is 9.59 Å². The van der Waals surface area contributed by atoms with Crippen molar-refractivity contribution in [2.45, 2.75) is 38.6 Å². The maximum atomic E-state index is 11.8. The molecule has 17 heavy (non-hydrogen) atoms. The maximum Gasteiger partial charge on any atom is 0.306 e. The third-order valence-electron chi connectivity index (χ3n) is 3.30. The molecule has 0 saturated heterocycles. The average molecular weight is 243 g/mol. The Morgan fingerprint density at radius 3 is 2.59 bits per heavy atom. The van der Waals surface area contributed by atoms with Crippen molar-refractivity contribution in [2.24, 2.45) is 11.8 Å². The number of methoxy groups -OCH3 is 1. The Kier molecular flexibility index (Phi) is 5.41. The highest BCUT2D eigenvalue weighted by Gasteiger charge is 2.33. The van der Waals surface area contributed by atoms with Crippen LogP contribution in [0.5, 0.6) is 0 Å². The van der Waals surface area contributed by atoms with E-state index in [1.807, 2.05) is 6.92 Å². The van der Waals surface area contributed by atoms with Crippen LogP contribution < -0.4 is 5.32 Å². The highest BCUT2D eigenvalue weighted by molar-refractivity contribution is 5.81. The summed E-state index contributed by atoms with van der Waals surface area (Å²) in [6, 6.07) is 0.0753. The van der Waals surface area contributed by atoms with E-state index in [9.17, 15) is 9.59 Å². The summed E-state index contributed by atoms with van der Waals surface area (Å²) in [6.07, 6.45) is 2.54. The Labute approximate surface area is 102 Å². The van der Waals surface area contributed by atoms with Crippen LogP contribution in [0.3, 0.4) is 0 Å². The Hall–Kier alpha value is -1.10. The molecule has 0 heterocycles. The molecule has 0 bridgehead atoms. The lowest BCUT2D eigenvalue weighted by Crippen LogP contribution is -2.37. The van der Waals surface area contributed by atoms with Crippen LogP contribution in [0.4, 0.5) is 0 Å². The molecule has 1 fully saturated rings. The summed E-state index contributed by atoms with van der Waals surface area (Å²) < 4.78 is 4.94. The molecule has 1 saturated carbocycles. The van der Waals surface area contributed by atoms with Gasteiger partial charge in [-0.15, -0.1) is 0 Å². The van der Waals surface area contributed by atoms with Gasteiger partial charge in [0.15, 0.2) is 0 Å². The van der Waals surface area contributed by atoms with Crippen molar-refractivity contribution in [2.75, 3.05) is 13.7 Å². The molecule has 0 aromatic carbocycles. The van der Waals surface area contributed by atoms with Crippen LogP contribution in [-0.2, 0) is 14.3 Å². The summed E-state index contributed by atoms with van der Waals surface area (Å²) in [4.78, 5) is 22.6. The molecule has 1 aliphatic carbocycles. The number of carbonyl (C=O) groups excluding carboxylic acids is 1. The minimum Gasteiger partial charge on any atom is -0.481 e. The van der Waals surface area contributed by atoms with E-state index >= 15 is 0 Å². The van der Waals surface area contributed by atoms with Crippen LogP contribution in [0.25, 0.3) is 0 Å². The van der Waals surface area contributed by atoms with E-state index in [2.05, 4.69) is 5.32 Å². The number of ether oxygens (including phenoxy) is 1. The van der Waals surface area contributed by atoms with Gasteiger partial charge in [0.1, 0.15) is 0 Å². The normalized spacial score (nSPS) is 25.5. The van der Waals surface area contributed by atoms with Gasteiger partial charge >= 0.3 is 5.97 Å². The fraction of sp³-hybridized carbons (Fsp3) is 0.833. The minimum atomic E-state index is -0.785. The molecule has 5 nitrogen and oxygen atoms in total. The number of nitrogens with one attached hydrogen (secondary N) is 1. The third kappa shape index (κ3) is 4.34. The molecule has 0 radical (unpaired) electrons. The number of carboxylic acids is 1. The average Bonchev–Trinajstić information content (AvgIpc) is 2.75. The Bertz CT molecular complexity index is 280. The van der Waals surface area contributed by atoms with Gasteiger partial charge < -0.3 is 15.2 Å². The number of carbonyl (C=O) groups is 2. The zero-order valence-electron chi connectivity index (χ0n) is 10.4. The summed E-state index contributed by atoms with van der Waals surface area (Å²) in [5.41, 5.74) is 0. The molecule has 5 heteroatoms. The van der Waals surface area contributed by atoms with Gasteiger partial charge in [0.2, 0.25) is 5.91 Å². The molecule has 1 rings (SSSR count). The topological polar surface area (TPSA) is 75.6 Å². The fourth-order valence-corrected chi connectivity index (χ4v) is 2.17. The zero-order valence-corrected chi connectivity index (χ0v) is 10.4. The predicted octanol–water partition coefficient (Wildman–Crippen LogP) is 1.03. The largest absolute Gasteiger partial charge is 0.481 e. The summed E-state index contributed by atoms with van der Waals surface area (Å²) in [6.45, 7) is 2.55. The molecule has 3 atom stereocenters. The quantitative estimate of drug-likeness (QED) is 0.730. The molecule has 2 N–H and O–H groups in total. The van der Waals surface area contributed by atoms with Gasteiger partial charge in [-0.1, -0.05) is 0 Å². The molecule has 0 aliphatic heterocycles. The molecule has 98 valence electrons. The monoisotopic (exact) mass is 243 g/mol. The van der Waals surface area contributed by atoms with Gasteiger partial charge in [0.25, 0.3) is 0 Å². The van der Waals surface area contributed by atoms with E-state index in [4.69, 9.17) is 9.84 Å². The highest BCUT2D eigenvalue weighted by Crippen LogP contribution is 2.31. The fourth-order valence-electron chi connectivity index (χ4n) is 2.17. The summed E-state index contributed by atoms with van der Waals surface area (Å²) in [7, 11) is 1.63. The summed E-state index contributed by atoms with van der Waals surface area (Å²) >= 11 is 0. The molecule has 0 aromatic heterocycles. The van der Waals surface area contributed by atoms with Crippen molar-refractivity contribution in [3.63, 3.8) is 0 Å². The van der Waals surface area contributed by atoms with Crippen molar-refractivity contribution in [1.82, 2.24) is 5.32 Å². The van der Waals surface area contributed by atoms with Crippen LogP contribution in [0.1, 0.15) is 32.6 Å². The van der Waals surface area contributed by atoms with Gasteiger partial charge in [0.05, 0.1) is 5.92 Å². The Balaban J connectivity index is 2.31. The molecular formula is C12H21NO4. The first kappa shape index (κ1) is 14.0. The van der Waals surface area contributed by atoms with E-state index in [1.165, 1.54) is 0 Å². The molecular weight excluding hydrogens is 222 g/mol. The molecule has 0 spiro atoms. The SMILES string of the molecule is COCCC(C)NC(=O)C1CCC(C(=O)O)C1. The Morgan fingerprint density at radius 2 is 2.06 bits per heavy atom. The van der Waals surface area contributed by atoms with E-state index in [-0.39, 0.29) is 23.8 Å². The first-order valence-electron chi connectivity index (χ1n) is 6.06. The summed E-state index contributed by atoms with van der Waals surface area (Å²) in [5.74, 6) is -1.29. The molecule has 1 aliphatic rings. The predicted molar refractivity (Wildman–Crippen MR) is 62.6 cm³/mol. The van der Waals surface area contributed by atoms with Crippen molar-refractivity contribution in [3.05, 3.63) is 0 Å². The molecule has 1 amide bonds. The number of amides is 1. The van der Waals surface area contributed by atoms with Gasteiger partial charge in [0, 0.05) is 25.7 Å². The lowest BCUT2D eigenvalue weighted by atomic mass is 10.0. The second kappa shape index (κ2) is 6.59. The van der Waals surface area contributed by atoms with Crippen LogP contribution in [0.2, 0.25) is 0 Å². The van der Waals surface area contributed by atoms with Crippen LogP contribution >= 0.6 is 0 Å². The third-order valence-corrected chi connectivity index (χ3v) is 3.30. The van der Waals surface area contributed by atoms with E-state index in [0.29, 0.717) is 25.9 Å². The highest BCUT2D eigenvalue weighted by atomic mass is 16.5. The van der Waals surface area contributed by atoms with Gasteiger partial charge in [-0.25, -0.2) is 0 Å². The second-order valence-corrected chi connectivity index (χ2v) is 4.74. The molecule has 3 unspecified atom stereocenters. The number of aliphatic carboxylic acids is 1. The van der Waals surface area contributed by atoms with Gasteiger partial charge in [-0.05, 0) is 32.6 Å². The van der Waals surface area contributed by atoms with Crippen molar-refractivity contribution >= 4 is 11.9 Å². The van der Waals surface area contributed by atoms with Crippen molar-refractivity contribution in [1.29, 1.82) is 0 Å². The van der Waals surface area contributed by atoms with Crippen LogP contribution in [-0.4, -0.2) is 36.7 Å².